The van der Waals surface area contributed by atoms with Crippen LogP contribution in [0.5, 0.6) is 0 Å². The van der Waals surface area contributed by atoms with E-state index in [0.717, 1.165) is 12.8 Å². The summed E-state index contributed by atoms with van der Waals surface area (Å²) in [7, 11) is 0. The van der Waals surface area contributed by atoms with Crippen molar-refractivity contribution in [1.82, 2.24) is 4.90 Å². The number of esters is 1. The lowest BCUT2D eigenvalue weighted by Gasteiger charge is -2.23. The van der Waals surface area contributed by atoms with E-state index in [1.807, 2.05) is 18.2 Å². The molecule has 1 aromatic carbocycles. The Morgan fingerprint density at radius 1 is 1.13 bits per heavy atom. The summed E-state index contributed by atoms with van der Waals surface area (Å²) in [6, 6.07) is 10.7. The van der Waals surface area contributed by atoms with Gasteiger partial charge in [0.05, 0.1) is 6.26 Å². The van der Waals surface area contributed by atoms with E-state index in [9.17, 15) is 9.59 Å². The number of hydrogen-bond acceptors (Lipinski definition) is 4. The van der Waals surface area contributed by atoms with Crippen molar-refractivity contribution >= 4 is 11.9 Å². The molecule has 0 bridgehead atoms. The minimum Gasteiger partial charge on any atom is -0.469 e. The molecule has 1 aliphatic heterocycles. The van der Waals surface area contributed by atoms with Crippen LogP contribution in [-0.4, -0.2) is 29.9 Å². The number of carbonyl (C=O) groups is 2. The van der Waals surface area contributed by atoms with E-state index < -0.39 is 12.1 Å². The molecule has 23 heavy (non-hydrogen) atoms. The van der Waals surface area contributed by atoms with Gasteiger partial charge in [0.2, 0.25) is 6.10 Å². The average molecular weight is 313 g/mol. The Bertz CT molecular complexity index is 686. The minimum absolute atomic E-state index is 0.164. The van der Waals surface area contributed by atoms with Crippen LogP contribution >= 0.6 is 0 Å². The fraction of sp³-hybridized carbons (Fsp3) is 0.333. The van der Waals surface area contributed by atoms with Crippen LogP contribution in [0, 0.1) is 6.92 Å². The number of furan rings is 1. The lowest BCUT2D eigenvalue weighted by molar-refractivity contribution is -0.140. The summed E-state index contributed by atoms with van der Waals surface area (Å²) in [5.74, 6) is -0.226. The Morgan fingerprint density at radius 2 is 1.83 bits per heavy atom. The molecular formula is C18H19NO4. The molecule has 0 N–H and O–H groups in total. The van der Waals surface area contributed by atoms with Crippen LogP contribution in [0.2, 0.25) is 0 Å². The first-order valence-electron chi connectivity index (χ1n) is 7.75. The highest BCUT2D eigenvalue weighted by Crippen LogP contribution is 2.24. The molecule has 5 heteroatoms. The second kappa shape index (κ2) is 6.69. The minimum atomic E-state index is -0.920. The molecule has 5 nitrogen and oxygen atoms in total. The highest BCUT2D eigenvalue weighted by molar-refractivity contribution is 5.93. The van der Waals surface area contributed by atoms with Gasteiger partial charge in [-0.2, -0.15) is 0 Å². The zero-order valence-corrected chi connectivity index (χ0v) is 13.0. The molecule has 0 spiro atoms. The van der Waals surface area contributed by atoms with Crippen LogP contribution in [0.3, 0.4) is 0 Å². The number of amides is 1. The molecule has 1 aromatic heterocycles. The van der Waals surface area contributed by atoms with Crippen molar-refractivity contribution in [1.29, 1.82) is 0 Å². The van der Waals surface area contributed by atoms with Gasteiger partial charge in [-0.25, -0.2) is 4.79 Å². The molecule has 3 rings (SSSR count). The molecule has 1 saturated heterocycles. The number of carbonyl (C=O) groups excluding carboxylic acids is 2. The van der Waals surface area contributed by atoms with Crippen molar-refractivity contribution < 1.29 is 18.7 Å². The fourth-order valence-electron chi connectivity index (χ4n) is 2.76. The molecule has 120 valence electrons. The summed E-state index contributed by atoms with van der Waals surface area (Å²) in [4.78, 5) is 26.9. The van der Waals surface area contributed by atoms with Crippen molar-refractivity contribution in [3.63, 3.8) is 0 Å². The van der Waals surface area contributed by atoms with Crippen LogP contribution in [-0.2, 0) is 9.53 Å². The Hall–Kier alpha value is -2.56. The molecule has 2 aromatic rings. The maximum atomic E-state index is 12.8. The standard InChI is InChI=1S/C18H19NO4/c1-13-15(9-12-22-13)18(21)23-16(14-7-3-2-4-8-14)17(20)19-10-5-6-11-19/h2-4,7-9,12,16H,5-6,10-11H2,1H3/t16-/m0/s1. The summed E-state index contributed by atoms with van der Waals surface area (Å²) in [6.45, 7) is 3.12. The summed E-state index contributed by atoms with van der Waals surface area (Å²) in [5, 5.41) is 0. The van der Waals surface area contributed by atoms with E-state index in [0.29, 0.717) is 30.0 Å². The zero-order valence-electron chi connectivity index (χ0n) is 13.0. The predicted octanol–water partition coefficient (Wildman–Crippen LogP) is 3.11. The van der Waals surface area contributed by atoms with E-state index in [2.05, 4.69) is 0 Å². The van der Waals surface area contributed by atoms with Gasteiger partial charge >= 0.3 is 5.97 Å². The molecule has 1 amide bonds. The maximum Gasteiger partial charge on any atom is 0.342 e. The van der Waals surface area contributed by atoms with E-state index in [1.165, 1.54) is 6.26 Å². The molecule has 0 saturated carbocycles. The Kier molecular flexibility index (Phi) is 4.46. The zero-order chi connectivity index (χ0) is 16.2. The van der Waals surface area contributed by atoms with Gasteiger partial charge in [0, 0.05) is 18.7 Å². The molecule has 0 unspecified atom stereocenters. The maximum absolute atomic E-state index is 12.8. The van der Waals surface area contributed by atoms with E-state index in [1.54, 1.807) is 30.0 Å². The Labute approximate surface area is 134 Å². The van der Waals surface area contributed by atoms with Crippen molar-refractivity contribution in [2.24, 2.45) is 0 Å². The average Bonchev–Trinajstić information content (AvgIpc) is 3.24. The third-order valence-corrected chi connectivity index (χ3v) is 4.05. The van der Waals surface area contributed by atoms with Crippen molar-refractivity contribution in [2.75, 3.05) is 13.1 Å². The van der Waals surface area contributed by atoms with Crippen molar-refractivity contribution in [3.05, 3.63) is 59.5 Å². The second-order valence-electron chi connectivity index (χ2n) is 5.62. The van der Waals surface area contributed by atoms with Gasteiger partial charge in [0.15, 0.2) is 0 Å². The van der Waals surface area contributed by atoms with Crippen LogP contribution in [0.25, 0.3) is 0 Å². The van der Waals surface area contributed by atoms with Crippen LogP contribution in [0.1, 0.15) is 40.6 Å². The number of rotatable bonds is 4. The lowest BCUT2D eigenvalue weighted by Crippen LogP contribution is -2.34. The normalized spacial score (nSPS) is 15.4. The van der Waals surface area contributed by atoms with E-state index in [4.69, 9.17) is 9.15 Å². The molecule has 0 aliphatic carbocycles. The summed E-state index contributed by atoms with van der Waals surface area (Å²) in [5.41, 5.74) is 1.03. The highest BCUT2D eigenvalue weighted by atomic mass is 16.5. The number of ether oxygens (including phenoxy) is 1. The van der Waals surface area contributed by atoms with Gasteiger partial charge < -0.3 is 14.1 Å². The van der Waals surface area contributed by atoms with E-state index >= 15 is 0 Å². The topological polar surface area (TPSA) is 59.8 Å². The smallest absolute Gasteiger partial charge is 0.342 e. The highest BCUT2D eigenvalue weighted by Gasteiger charge is 2.31. The predicted molar refractivity (Wildman–Crippen MR) is 83.9 cm³/mol. The third-order valence-electron chi connectivity index (χ3n) is 4.05. The Balaban J connectivity index is 1.84. The van der Waals surface area contributed by atoms with Crippen molar-refractivity contribution in [2.45, 2.75) is 25.9 Å². The first-order chi connectivity index (χ1) is 11.2. The summed E-state index contributed by atoms with van der Waals surface area (Å²) < 4.78 is 10.7. The SMILES string of the molecule is Cc1occc1C(=O)O[C@H](C(=O)N1CCCC1)c1ccccc1. The van der Waals surface area contributed by atoms with Crippen molar-refractivity contribution in [3.8, 4) is 0 Å². The summed E-state index contributed by atoms with van der Waals surface area (Å²) in [6.07, 6.45) is 2.49. The van der Waals surface area contributed by atoms with Gasteiger partial charge in [-0.15, -0.1) is 0 Å². The third kappa shape index (κ3) is 3.28. The molecule has 2 heterocycles. The number of aryl methyl sites for hydroxylation is 1. The first kappa shape index (κ1) is 15.3. The van der Waals surface area contributed by atoms with Crippen LogP contribution in [0.4, 0.5) is 0 Å². The Morgan fingerprint density at radius 3 is 2.43 bits per heavy atom. The molecule has 1 atom stereocenters. The van der Waals surface area contributed by atoms with Gasteiger partial charge in [-0.1, -0.05) is 30.3 Å². The number of nitrogens with zero attached hydrogens (tertiary/aromatic N) is 1. The number of benzene rings is 1. The molecular weight excluding hydrogens is 294 g/mol. The van der Waals surface area contributed by atoms with Gasteiger partial charge in [0.1, 0.15) is 11.3 Å². The quantitative estimate of drug-likeness (QED) is 0.814. The monoisotopic (exact) mass is 313 g/mol. The molecule has 1 fully saturated rings. The van der Waals surface area contributed by atoms with Gasteiger partial charge in [0.25, 0.3) is 5.91 Å². The molecule has 0 radical (unpaired) electrons. The number of likely N-dealkylation sites (tertiary alicyclic amines) is 1. The second-order valence-corrected chi connectivity index (χ2v) is 5.62. The van der Waals surface area contributed by atoms with Gasteiger partial charge in [-0.3, -0.25) is 4.79 Å². The van der Waals surface area contributed by atoms with Crippen LogP contribution < -0.4 is 0 Å². The first-order valence-corrected chi connectivity index (χ1v) is 7.75. The van der Waals surface area contributed by atoms with Gasteiger partial charge in [-0.05, 0) is 25.8 Å². The lowest BCUT2D eigenvalue weighted by atomic mass is 10.1. The summed E-state index contributed by atoms with van der Waals surface area (Å²) >= 11 is 0. The molecule has 1 aliphatic rings. The van der Waals surface area contributed by atoms with Crippen LogP contribution in [0.15, 0.2) is 47.1 Å². The van der Waals surface area contributed by atoms with E-state index in [-0.39, 0.29) is 5.91 Å². The fourth-order valence-corrected chi connectivity index (χ4v) is 2.76. The largest absolute Gasteiger partial charge is 0.469 e. The number of hydrogen-bond donors (Lipinski definition) is 0.